The Morgan fingerprint density at radius 1 is 0.410 bits per heavy atom. The van der Waals surface area contributed by atoms with E-state index in [-0.39, 0.29) is 32.0 Å². The highest BCUT2D eigenvalue weighted by Gasteiger charge is 2.27. The maximum Gasteiger partial charge on any atom is 0.472 e. The van der Waals surface area contributed by atoms with Crippen LogP contribution in [-0.4, -0.2) is 74.9 Å². The van der Waals surface area contributed by atoms with Crippen molar-refractivity contribution in [2.75, 3.05) is 47.5 Å². The van der Waals surface area contributed by atoms with Gasteiger partial charge in [-0.1, -0.05) is 266 Å². The lowest BCUT2D eigenvalue weighted by Gasteiger charge is -2.24. The molecule has 0 heterocycles. The summed E-state index contributed by atoms with van der Waals surface area (Å²) >= 11 is 0. The fourth-order valence-electron chi connectivity index (χ4n) is 8.96. The Morgan fingerprint density at radius 3 is 1.09 bits per heavy atom. The van der Waals surface area contributed by atoms with E-state index in [2.05, 4.69) is 98.9 Å². The molecule has 0 radical (unpaired) electrons. The second-order valence-electron chi connectivity index (χ2n) is 22.8. The minimum absolute atomic E-state index is 0.0277. The molecular formula is C68H123NO8P+. The van der Waals surface area contributed by atoms with Gasteiger partial charge >= 0.3 is 19.8 Å². The first-order chi connectivity index (χ1) is 38.0. The number of esters is 2. The second kappa shape index (κ2) is 58.8. The summed E-state index contributed by atoms with van der Waals surface area (Å²) in [6, 6.07) is 0. The normalized spacial score (nSPS) is 13.8. The average molecular weight is 1110 g/mol. The van der Waals surface area contributed by atoms with E-state index in [0.29, 0.717) is 17.4 Å². The molecule has 0 aliphatic heterocycles. The third-order valence-corrected chi connectivity index (χ3v) is 14.9. The van der Waals surface area contributed by atoms with E-state index >= 15 is 0 Å². The van der Waals surface area contributed by atoms with Crippen LogP contribution in [0.2, 0.25) is 0 Å². The third kappa shape index (κ3) is 62.4. The maximum absolute atomic E-state index is 12.9. The second-order valence-corrected chi connectivity index (χ2v) is 24.2. The lowest BCUT2D eigenvalue weighted by molar-refractivity contribution is -0.870. The van der Waals surface area contributed by atoms with E-state index in [1.165, 1.54) is 167 Å². The quantitative estimate of drug-likeness (QED) is 0.0211. The topological polar surface area (TPSA) is 108 Å². The highest BCUT2D eigenvalue weighted by atomic mass is 31.2. The van der Waals surface area contributed by atoms with Gasteiger partial charge in [-0.3, -0.25) is 18.6 Å². The van der Waals surface area contributed by atoms with E-state index in [1.54, 1.807) is 0 Å². The number of phosphoric acid groups is 1. The number of likely N-dealkylation sites (N-methyl/N-ethyl adjacent to an activating group) is 1. The minimum atomic E-state index is -4.39. The summed E-state index contributed by atoms with van der Waals surface area (Å²) in [5.41, 5.74) is 0. The predicted molar refractivity (Wildman–Crippen MR) is 335 cm³/mol. The Hall–Kier alpha value is -2.81. The molecule has 0 saturated heterocycles. The van der Waals surface area contributed by atoms with Crippen LogP contribution in [0.15, 0.2) is 85.1 Å². The molecule has 452 valence electrons. The van der Waals surface area contributed by atoms with Crippen molar-refractivity contribution in [2.45, 2.75) is 290 Å². The summed E-state index contributed by atoms with van der Waals surface area (Å²) in [6.07, 6.45) is 79.6. The fraction of sp³-hybridized carbons (Fsp3) is 0.765. The largest absolute Gasteiger partial charge is 0.472 e. The van der Waals surface area contributed by atoms with Crippen molar-refractivity contribution in [1.29, 1.82) is 0 Å². The Kier molecular flexibility index (Phi) is 56.7. The summed E-state index contributed by atoms with van der Waals surface area (Å²) in [7, 11) is 1.47. The lowest BCUT2D eigenvalue weighted by Crippen LogP contribution is -2.37. The molecule has 0 aromatic rings. The number of ether oxygens (including phenoxy) is 2. The first-order valence-corrected chi connectivity index (χ1v) is 33.8. The predicted octanol–water partition coefficient (Wildman–Crippen LogP) is 20.6. The zero-order valence-corrected chi connectivity index (χ0v) is 52.3. The number of rotatable bonds is 59. The number of quaternary nitrogens is 1. The number of hydrogen-bond donors (Lipinski definition) is 1. The van der Waals surface area contributed by atoms with E-state index in [0.717, 1.165) is 83.5 Å². The van der Waals surface area contributed by atoms with Crippen molar-refractivity contribution < 1.29 is 42.1 Å². The Morgan fingerprint density at radius 2 is 0.731 bits per heavy atom. The molecule has 1 N–H and O–H groups in total. The Balaban J connectivity index is 4.06. The number of nitrogens with zero attached hydrogens (tertiary/aromatic N) is 1. The van der Waals surface area contributed by atoms with Crippen LogP contribution in [0.25, 0.3) is 0 Å². The minimum Gasteiger partial charge on any atom is -0.462 e. The molecule has 0 saturated carbocycles. The van der Waals surface area contributed by atoms with Crippen LogP contribution in [0.1, 0.15) is 284 Å². The average Bonchev–Trinajstić information content (AvgIpc) is 3.41. The van der Waals surface area contributed by atoms with E-state index < -0.39 is 26.5 Å². The van der Waals surface area contributed by atoms with E-state index in [1.807, 2.05) is 21.1 Å². The standard InChI is InChI=1S/C68H122NO8P/c1-6-8-10-12-14-16-18-20-22-24-26-28-29-30-31-32-33-34-35-36-37-38-39-41-43-45-47-49-51-53-55-57-59-61-68(71)77-66(65-76-78(72,73)75-63-62-69(3,4)5)64-74-67(70)60-58-56-54-52-50-48-46-44-42-40-27-25-23-21-19-17-15-13-11-9-7-2/h8,10,14,16,19-22,25-28,42,44,66H,6-7,9,11-13,15,17-18,23-24,29-41,43,45-65H2,1-5H3/p+1/b10-8-,16-14-,21-19-,22-20-,27-25-,28-26-,44-42-. The lowest BCUT2D eigenvalue weighted by atomic mass is 10.0. The molecule has 0 aromatic carbocycles. The van der Waals surface area contributed by atoms with Crippen molar-refractivity contribution in [3.63, 3.8) is 0 Å². The van der Waals surface area contributed by atoms with Crippen molar-refractivity contribution in [3.05, 3.63) is 85.1 Å². The molecule has 0 fully saturated rings. The number of phosphoric ester groups is 1. The van der Waals surface area contributed by atoms with Crippen molar-refractivity contribution in [2.24, 2.45) is 0 Å². The van der Waals surface area contributed by atoms with Gasteiger partial charge in [0, 0.05) is 12.8 Å². The number of unbranched alkanes of at least 4 members (excludes halogenated alkanes) is 31. The number of carbonyl (C=O) groups is 2. The van der Waals surface area contributed by atoms with Crippen LogP contribution in [0.3, 0.4) is 0 Å². The third-order valence-electron chi connectivity index (χ3n) is 13.9. The molecule has 0 aliphatic rings. The molecule has 78 heavy (non-hydrogen) atoms. The molecule has 2 atom stereocenters. The Bertz CT molecular complexity index is 1590. The molecule has 0 amide bonds. The summed E-state index contributed by atoms with van der Waals surface area (Å²) in [5.74, 6) is -0.805. The summed E-state index contributed by atoms with van der Waals surface area (Å²) < 4.78 is 34.6. The van der Waals surface area contributed by atoms with Gasteiger partial charge in [0.05, 0.1) is 27.7 Å². The maximum atomic E-state index is 12.9. The van der Waals surface area contributed by atoms with Crippen LogP contribution in [0.5, 0.6) is 0 Å². The van der Waals surface area contributed by atoms with Crippen LogP contribution in [0.4, 0.5) is 0 Å². The van der Waals surface area contributed by atoms with Gasteiger partial charge in [-0.25, -0.2) is 4.57 Å². The molecule has 2 unspecified atom stereocenters. The van der Waals surface area contributed by atoms with Crippen LogP contribution in [-0.2, 0) is 32.7 Å². The smallest absolute Gasteiger partial charge is 0.462 e. The zero-order valence-electron chi connectivity index (χ0n) is 51.4. The molecule has 0 spiro atoms. The van der Waals surface area contributed by atoms with Crippen molar-refractivity contribution in [1.82, 2.24) is 0 Å². The van der Waals surface area contributed by atoms with Crippen LogP contribution >= 0.6 is 7.82 Å². The highest BCUT2D eigenvalue weighted by Crippen LogP contribution is 2.43. The van der Waals surface area contributed by atoms with Gasteiger partial charge in [-0.15, -0.1) is 0 Å². The first-order valence-electron chi connectivity index (χ1n) is 32.3. The first kappa shape index (κ1) is 75.2. The van der Waals surface area contributed by atoms with Crippen LogP contribution < -0.4 is 0 Å². The highest BCUT2D eigenvalue weighted by molar-refractivity contribution is 7.47. The summed E-state index contributed by atoms with van der Waals surface area (Å²) in [5, 5.41) is 0. The van der Waals surface area contributed by atoms with Crippen molar-refractivity contribution >= 4 is 19.8 Å². The van der Waals surface area contributed by atoms with Gasteiger partial charge in [0.2, 0.25) is 0 Å². The summed E-state index contributed by atoms with van der Waals surface area (Å²) in [6.45, 7) is 4.32. The van der Waals surface area contributed by atoms with Gasteiger partial charge in [-0.05, 0) is 89.9 Å². The van der Waals surface area contributed by atoms with E-state index in [4.69, 9.17) is 18.5 Å². The van der Waals surface area contributed by atoms with Gasteiger partial charge in [-0.2, -0.15) is 0 Å². The zero-order chi connectivity index (χ0) is 57.0. The Labute approximate surface area is 481 Å². The molecular weight excluding hydrogens is 990 g/mol. The van der Waals surface area contributed by atoms with Gasteiger partial charge < -0.3 is 18.9 Å². The fourth-order valence-corrected chi connectivity index (χ4v) is 9.70. The van der Waals surface area contributed by atoms with Gasteiger partial charge in [0.25, 0.3) is 0 Å². The SMILES string of the molecule is CC/C=C\C/C=C\C/C=C\C/C=C\CCCCCCCCCCCCCCCCCCCCCCC(=O)OC(COC(=O)CCCCCCCC/C=C\C/C=C\C/C=C\CCCCCCC)COP(=O)(O)OCC[N+](C)(C)C. The van der Waals surface area contributed by atoms with Gasteiger partial charge in [0.15, 0.2) is 6.10 Å². The number of carbonyl (C=O) groups excluding carboxylic acids is 2. The van der Waals surface area contributed by atoms with Crippen molar-refractivity contribution in [3.8, 4) is 0 Å². The molecule has 0 aliphatic carbocycles. The van der Waals surface area contributed by atoms with Gasteiger partial charge in [0.1, 0.15) is 19.8 Å². The molecule has 0 rings (SSSR count). The molecule has 0 aromatic heterocycles. The van der Waals surface area contributed by atoms with E-state index in [9.17, 15) is 19.0 Å². The number of allylic oxidation sites excluding steroid dienone is 14. The monoisotopic (exact) mass is 1110 g/mol. The summed E-state index contributed by atoms with van der Waals surface area (Å²) in [4.78, 5) is 35.8. The van der Waals surface area contributed by atoms with Crippen LogP contribution in [0, 0.1) is 0 Å². The molecule has 9 nitrogen and oxygen atoms in total. The molecule has 0 bridgehead atoms. The number of hydrogen-bond acceptors (Lipinski definition) is 7. The molecule has 10 heteroatoms.